The molecule has 0 spiro atoms. The first-order chi connectivity index (χ1) is 11.3. The molecule has 0 fully saturated rings. The van der Waals surface area contributed by atoms with Crippen molar-refractivity contribution in [2.45, 2.75) is 10.8 Å². The molecule has 1 N–H and O–H groups in total. The maximum absolute atomic E-state index is 12.3. The van der Waals surface area contributed by atoms with Gasteiger partial charge in [0.15, 0.2) is 0 Å². The van der Waals surface area contributed by atoms with Crippen LogP contribution in [0, 0.1) is 0 Å². The average molecular weight is 433 g/mol. The zero-order valence-electron chi connectivity index (χ0n) is 13.4. The van der Waals surface area contributed by atoms with Gasteiger partial charge in [-0.3, -0.25) is 4.79 Å². The van der Waals surface area contributed by atoms with Crippen LogP contribution in [0.4, 0.5) is 0 Å². The van der Waals surface area contributed by atoms with Crippen LogP contribution < -0.4 is 10.1 Å². The standard InChI is InChI=1S/C15H17BrN2O4S2/c1-18(2)24(20,21)14-7-5-11(23-14)9-17-15(19)12-8-10(22-3)4-6-13(12)16/h4-8H,9H2,1-3H3,(H,17,19). The third-order valence-electron chi connectivity index (χ3n) is 3.21. The lowest BCUT2D eigenvalue weighted by Crippen LogP contribution is -2.23. The molecule has 0 aliphatic heterocycles. The van der Waals surface area contributed by atoms with E-state index in [1.54, 1.807) is 30.3 Å². The summed E-state index contributed by atoms with van der Waals surface area (Å²) in [6.07, 6.45) is 0. The van der Waals surface area contributed by atoms with Crippen LogP contribution in [0.5, 0.6) is 5.75 Å². The summed E-state index contributed by atoms with van der Waals surface area (Å²) in [7, 11) is 1.05. The van der Waals surface area contributed by atoms with E-state index in [-0.39, 0.29) is 16.7 Å². The molecule has 130 valence electrons. The number of amides is 1. The van der Waals surface area contributed by atoms with Gasteiger partial charge in [-0.1, -0.05) is 0 Å². The van der Waals surface area contributed by atoms with Gasteiger partial charge in [0.1, 0.15) is 9.96 Å². The first kappa shape index (κ1) is 18.9. The van der Waals surface area contributed by atoms with Gasteiger partial charge in [-0.25, -0.2) is 12.7 Å². The number of hydrogen-bond acceptors (Lipinski definition) is 5. The van der Waals surface area contributed by atoms with E-state index in [9.17, 15) is 13.2 Å². The molecule has 0 bridgehead atoms. The third-order valence-corrected chi connectivity index (χ3v) is 7.27. The molecule has 24 heavy (non-hydrogen) atoms. The zero-order chi connectivity index (χ0) is 17.9. The van der Waals surface area contributed by atoms with Crippen molar-refractivity contribution in [1.82, 2.24) is 9.62 Å². The topological polar surface area (TPSA) is 75.7 Å². The molecule has 0 saturated heterocycles. The minimum atomic E-state index is -3.45. The van der Waals surface area contributed by atoms with Gasteiger partial charge in [0.05, 0.1) is 19.2 Å². The van der Waals surface area contributed by atoms with Gasteiger partial charge in [-0.15, -0.1) is 11.3 Å². The predicted molar refractivity (Wildman–Crippen MR) is 97.1 cm³/mol. The molecule has 6 nitrogen and oxygen atoms in total. The van der Waals surface area contributed by atoms with Crippen molar-refractivity contribution < 1.29 is 17.9 Å². The number of thiophene rings is 1. The number of nitrogens with one attached hydrogen (secondary N) is 1. The second-order valence-corrected chi connectivity index (χ2v) is 9.44. The Morgan fingerprint density at radius 1 is 1.29 bits per heavy atom. The number of rotatable bonds is 6. The highest BCUT2D eigenvalue weighted by Gasteiger charge is 2.19. The number of nitrogens with zero attached hydrogens (tertiary/aromatic N) is 1. The fourth-order valence-electron chi connectivity index (χ4n) is 1.84. The maximum atomic E-state index is 12.3. The number of sulfonamides is 1. The summed E-state index contributed by atoms with van der Waals surface area (Å²) in [6, 6.07) is 8.36. The Kier molecular flexibility index (Phi) is 6.02. The summed E-state index contributed by atoms with van der Waals surface area (Å²) in [4.78, 5) is 13.1. The normalized spacial score (nSPS) is 11.5. The van der Waals surface area contributed by atoms with Gasteiger partial charge in [-0.05, 0) is 46.3 Å². The fourth-order valence-corrected chi connectivity index (χ4v) is 4.73. The lowest BCUT2D eigenvalue weighted by Gasteiger charge is -2.09. The van der Waals surface area contributed by atoms with Crippen molar-refractivity contribution in [1.29, 1.82) is 0 Å². The van der Waals surface area contributed by atoms with Gasteiger partial charge in [-0.2, -0.15) is 0 Å². The van der Waals surface area contributed by atoms with Gasteiger partial charge in [0.25, 0.3) is 15.9 Å². The number of carbonyl (C=O) groups excluding carboxylic acids is 1. The Labute approximate surface area is 153 Å². The molecule has 1 aromatic carbocycles. The van der Waals surface area contributed by atoms with Gasteiger partial charge >= 0.3 is 0 Å². The number of halogens is 1. The monoisotopic (exact) mass is 432 g/mol. The number of ether oxygens (including phenoxy) is 1. The van der Waals surface area contributed by atoms with Crippen LogP contribution in [0.3, 0.4) is 0 Å². The van der Waals surface area contributed by atoms with Crippen LogP contribution in [0.25, 0.3) is 0 Å². The molecule has 9 heteroatoms. The molecule has 1 aromatic heterocycles. The number of benzene rings is 1. The molecule has 0 aliphatic carbocycles. The maximum Gasteiger partial charge on any atom is 0.252 e. The van der Waals surface area contributed by atoms with E-state index < -0.39 is 10.0 Å². The van der Waals surface area contributed by atoms with E-state index in [4.69, 9.17) is 4.74 Å². The van der Waals surface area contributed by atoms with Crippen molar-refractivity contribution in [2.24, 2.45) is 0 Å². The molecular formula is C15H17BrN2O4S2. The van der Waals surface area contributed by atoms with Crippen LogP contribution in [0.1, 0.15) is 15.2 Å². The lowest BCUT2D eigenvalue weighted by molar-refractivity contribution is 0.0950. The lowest BCUT2D eigenvalue weighted by atomic mass is 10.2. The molecule has 0 aliphatic rings. The second kappa shape index (κ2) is 7.64. The minimum Gasteiger partial charge on any atom is -0.497 e. The van der Waals surface area contributed by atoms with E-state index >= 15 is 0 Å². The number of hydrogen-bond donors (Lipinski definition) is 1. The molecule has 1 heterocycles. The van der Waals surface area contributed by atoms with Crippen LogP contribution >= 0.6 is 27.3 Å². The smallest absolute Gasteiger partial charge is 0.252 e. The fraction of sp³-hybridized carbons (Fsp3) is 0.267. The minimum absolute atomic E-state index is 0.246. The Morgan fingerprint density at radius 2 is 2.00 bits per heavy atom. The summed E-state index contributed by atoms with van der Waals surface area (Å²) in [6.45, 7) is 0.246. The van der Waals surface area contributed by atoms with E-state index in [1.165, 1.54) is 21.2 Å². The van der Waals surface area contributed by atoms with Crippen molar-refractivity contribution in [3.05, 3.63) is 45.2 Å². The average Bonchev–Trinajstić information content (AvgIpc) is 3.02. The third kappa shape index (κ3) is 4.15. The molecular weight excluding hydrogens is 416 g/mol. The summed E-state index contributed by atoms with van der Waals surface area (Å²) in [5.41, 5.74) is 0.451. The summed E-state index contributed by atoms with van der Waals surface area (Å²) >= 11 is 4.47. The summed E-state index contributed by atoms with van der Waals surface area (Å²) < 4.78 is 31.3. The molecule has 0 unspecified atom stereocenters. The van der Waals surface area contributed by atoms with Crippen molar-refractivity contribution >= 4 is 43.2 Å². The first-order valence-electron chi connectivity index (χ1n) is 6.88. The Hall–Kier alpha value is -1.42. The van der Waals surface area contributed by atoms with E-state index in [2.05, 4.69) is 21.2 Å². The van der Waals surface area contributed by atoms with Crippen LogP contribution in [-0.2, 0) is 16.6 Å². The van der Waals surface area contributed by atoms with E-state index in [1.807, 2.05) is 0 Å². The molecule has 1 amide bonds. The number of methoxy groups -OCH3 is 1. The van der Waals surface area contributed by atoms with Gasteiger partial charge in [0.2, 0.25) is 0 Å². The van der Waals surface area contributed by atoms with E-state index in [0.717, 1.165) is 20.5 Å². The predicted octanol–water partition coefficient (Wildman–Crippen LogP) is 2.70. The Balaban J connectivity index is 2.09. The highest BCUT2D eigenvalue weighted by molar-refractivity contribution is 9.10. The molecule has 0 saturated carbocycles. The first-order valence-corrected chi connectivity index (χ1v) is 9.93. The second-order valence-electron chi connectivity index (χ2n) is 5.04. The zero-order valence-corrected chi connectivity index (χ0v) is 16.6. The van der Waals surface area contributed by atoms with Crippen LogP contribution in [-0.4, -0.2) is 39.8 Å². The molecule has 0 radical (unpaired) electrons. The highest BCUT2D eigenvalue weighted by Crippen LogP contribution is 2.25. The summed E-state index contributed by atoms with van der Waals surface area (Å²) in [5.74, 6) is 0.310. The van der Waals surface area contributed by atoms with Crippen molar-refractivity contribution in [2.75, 3.05) is 21.2 Å². The Bertz CT molecular complexity index is 847. The molecule has 2 rings (SSSR count). The van der Waals surface area contributed by atoms with Crippen molar-refractivity contribution in [3.8, 4) is 5.75 Å². The van der Waals surface area contributed by atoms with Gasteiger partial charge in [0, 0.05) is 23.4 Å². The number of carbonyl (C=O) groups is 1. The highest BCUT2D eigenvalue weighted by atomic mass is 79.9. The SMILES string of the molecule is COc1ccc(Br)c(C(=O)NCc2ccc(S(=O)(=O)N(C)C)s2)c1. The van der Waals surface area contributed by atoms with Gasteiger partial charge < -0.3 is 10.1 Å². The van der Waals surface area contributed by atoms with E-state index in [0.29, 0.717) is 15.8 Å². The quantitative estimate of drug-likeness (QED) is 0.760. The largest absolute Gasteiger partial charge is 0.497 e. The molecule has 2 aromatic rings. The Morgan fingerprint density at radius 3 is 2.62 bits per heavy atom. The summed E-state index contributed by atoms with van der Waals surface area (Å²) in [5, 5.41) is 2.78. The molecule has 0 atom stereocenters. The van der Waals surface area contributed by atoms with Crippen molar-refractivity contribution in [3.63, 3.8) is 0 Å². The van der Waals surface area contributed by atoms with Crippen LogP contribution in [0.15, 0.2) is 39.0 Å². The van der Waals surface area contributed by atoms with Crippen LogP contribution in [0.2, 0.25) is 0 Å².